The molecule has 1 aromatic carbocycles. The first-order valence-electron chi connectivity index (χ1n) is 9.12. The predicted octanol–water partition coefficient (Wildman–Crippen LogP) is -0.0569. The van der Waals surface area contributed by atoms with Crippen LogP contribution in [0.15, 0.2) is 41.1 Å². The van der Waals surface area contributed by atoms with Crippen LogP contribution in [0.1, 0.15) is 12.0 Å². The van der Waals surface area contributed by atoms with Gasteiger partial charge in [0.1, 0.15) is 23.8 Å². The monoisotopic (exact) mass is 378 g/mol. The zero-order chi connectivity index (χ0) is 18.4. The molecule has 0 aromatic heterocycles. The second-order valence-electron chi connectivity index (χ2n) is 6.58. The van der Waals surface area contributed by atoms with Crippen molar-refractivity contribution in [1.82, 2.24) is 10.2 Å². The highest BCUT2D eigenvalue weighted by molar-refractivity contribution is 6.47. The zero-order valence-corrected chi connectivity index (χ0v) is 15.6. The molecule has 1 saturated heterocycles. The Morgan fingerprint density at radius 2 is 1.85 bits per heavy atom. The van der Waals surface area contributed by atoms with Gasteiger partial charge >= 0.3 is 0 Å². The minimum atomic E-state index is -0.408. The van der Waals surface area contributed by atoms with Gasteiger partial charge in [-0.05, 0) is 12.0 Å². The number of nitrogens with one attached hydrogen (secondary N) is 2. The number of quaternary nitrogens is 1. The van der Waals surface area contributed by atoms with Gasteiger partial charge in [-0.2, -0.15) is 0 Å². The fourth-order valence-electron chi connectivity index (χ4n) is 3.25. The third kappa shape index (κ3) is 4.63. The molecule has 0 saturated carbocycles. The summed E-state index contributed by atoms with van der Waals surface area (Å²) >= 11 is 6.11. The fourth-order valence-corrected chi connectivity index (χ4v) is 3.50. The van der Waals surface area contributed by atoms with Crippen LogP contribution in [0.4, 0.5) is 0 Å². The van der Waals surface area contributed by atoms with Crippen LogP contribution in [0.5, 0.6) is 0 Å². The van der Waals surface area contributed by atoms with Gasteiger partial charge in [0, 0.05) is 19.5 Å². The summed E-state index contributed by atoms with van der Waals surface area (Å²) in [4.78, 5) is 27.5. The van der Waals surface area contributed by atoms with Gasteiger partial charge in [-0.25, -0.2) is 0 Å². The first-order valence-corrected chi connectivity index (χ1v) is 9.49. The van der Waals surface area contributed by atoms with Crippen molar-refractivity contribution in [3.05, 3.63) is 46.6 Å². The number of nitrogens with zero attached hydrogens (tertiary/aromatic N) is 1. The largest absolute Gasteiger partial charge is 0.379 e. The lowest BCUT2D eigenvalue weighted by Gasteiger charge is -2.23. The molecule has 0 radical (unpaired) electrons. The molecule has 1 fully saturated rings. The van der Waals surface area contributed by atoms with Crippen LogP contribution in [0.25, 0.3) is 0 Å². The van der Waals surface area contributed by atoms with Crippen molar-refractivity contribution in [2.75, 3.05) is 45.9 Å². The van der Waals surface area contributed by atoms with Crippen molar-refractivity contribution in [2.45, 2.75) is 12.8 Å². The summed E-state index contributed by atoms with van der Waals surface area (Å²) in [6.45, 7) is 5.64. The zero-order valence-electron chi connectivity index (χ0n) is 14.8. The molecule has 0 aliphatic carbocycles. The number of ether oxygens (including phenoxy) is 1. The quantitative estimate of drug-likeness (QED) is 0.491. The number of halogens is 1. The van der Waals surface area contributed by atoms with Gasteiger partial charge in [0.2, 0.25) is 0 Å². The van der Waals surface area contributed by atoms with E-state index in [1.165, 1.54) is 9.80 Å². The number of hydrogen-bond acceptors (Lipinski definition) is 4. The normalized spacial score (nSPS) is 18.7. The number of imide groups is 1. The molecule has 7 heteroatoms. The van der Waals surface area contributed by atoms with Crippen molar-refractivity contribution in [2.24, 2.45) is 0 Å². The summed E-state index contributed by atoms with van der Waals surface area (Å²) in [6, 6.07) is 9.78. The van der Waals surface area contributed by atoms with Gasteiger partial charge in [-0.3, -0.25) is 14.5 Å². The number of carbonyl (C=O) groups excluding carboxylic acids is 2. The molecule has 26 heavy (non-hydrogen) atoms. The highest BCUT2D eigenvalue weighted by atomic mass is 35.5. The van der Waals surface area contributed by atoms with E-state index in [4.69, 9.17) is 16.3 Å². The van der Waals surface area contributed by atoms with Crippen molar-refractivity contribution in [1.29, 1.82) is 0 Å². The molecule has 0 unspecified atom stereocenters. The second kappa shape index (κ2) is 9.16. The molecule has 2 aliphatic rings. The van der Waals surface area contributed by atoms with Gasteiger partial charge < -0.3 is 15.0 Å². The molecule has 1 aromatic rings. The van der Waals surface area contributed by atoms with Crippen LogP contribution in [-0.2, 0) is 20.7 Å². The Hall–Kier alpha value is -1.89. The molecule has 0 spiro atoms. The molecule has 2 heterocycles. The molecule has 0 atom stereocenters. The smallest absolute Gasteiger partial charge is 0.278 e. The minimum absolute atomic E-state index is 0.00165. The lowest BCUT2D eigenvalue weighted by Crippen LogP contribution is -3.14. The topological polar surface area (TPSA) is 63.1 Å². The van der Waals surface area contributed by atoms with E-state index in [2.05, 4.69) is 5.32 Å². The maximum absolute atomic E-state index is 12.5. The van der Waals surface area contributed by atoms with E-state index < -0.39 is 5.91 Å². The Bertz CT molecular complexity index is 672. The average molecular weight is 379 g/mol. The van der Waals surface area contributed by atoms with Crippen LogP contribution in [0.2, 0.25) is 0 Å². The van der Waals surface area contributed by atoms with Gasteiger partial charge in [-0.15, -0.1) is 0 Å². The number of carbonyl (C=O) groups is 2. The van der Waals surface area contributed by atoms with E-state index in [1.54, 1.807) is 0 Å². The fraction of sp³-hybridized carbons (Fsp3) is 0.474. The maximum atomic E-state index is 12.5. The van der Waals surface area contributed by atoms with Crippen molar-refractivity contribution in [3.8, 4) is 0 Å². The molecule has 2 aliphatic heterocycles. The Labute approximate surface area is 158 Å². The average Bonchev–Trinajstić information content (AvgIpc) is 2.88. The molecule has 140 valence electrons. The summed E-state index contributed by atoms with van der Waals surface area (Å²) in [5.74, 6) is -0.733. The third-order valence-corrected chi connectivity index (χ3v) is 5.14. The molecule has 6 nitrogen and oxygen atoms in total. The van der Waals surface area contributed by atoms with Crippen LogP contribution in [-0.4, -0.2) is 62.7 Å². The van der Waals surface area contributed by atoms with E-state index in [0.717, 1.165) is 44.8 Å². The van der Waals surface area contributed by atoms with E-state index >= 15 is 0 Å². The van der Waals surface area contributed by atoms with E-state index in [1.807, 2.05) is 30.3 Å². The lowest BCUT2D eigenvalue weighted by molar-refractivity contribution is -0.908. The molecular formula is C19H25ClN3O3+. The van der Waals surface area contributed by atoms with Crippen molar-refractivity contribution < 1.29 is 19.2 Å². The van der Waals surface area contributed by atoms with Gasteiger partial charge in [0.05, 0.1) is 19.8 Å². The third-order valence-electron chi connectivity index (χ3n) is 4.79. The molecule has 2 N–H and O–H groups in total. The first kappa shape index (κ1) is 18.9. The highest BCUT2D eigenvalue weighted by Crippen LogP contribution is 2.22. The van der Waals surface area contributed by atoms with E-state index in [9.17, 15) is 9.59 Å². The van der Waals surface area contributed by atoms with Crippen molar-refractivity contribution >= 4 is 23.4 Å². The Balaban J connectivity index is 1.46. The van der Waals surface area contributed by atoms with E-state index in [-0.39, 0.29) is 16.6 Å². The summed E-state index contributed by atoms with van der Waals surface area (Å²) in [6.07, 6.45) is 1.53. The minimum Gasteiger partial charge on any atom is -0.379 e. The number of morpholine rings is 1. The molecule has 0 bridgehead atoms. The number of amides is 2. The van der Waals surface area contributed by atoms with Crippen LogP contribution in [0, 0.1) is 0 Å². The SMILES string of the molecule is O=C1C(Cl)=C(NCCC[NH+]2CCOCC2)C(=O)N1CCc1ccccc1. The standard InChI is InChI=1S/C19H24ClN3O3/c20-16-17(21-8-4-9-22-11-13-26-14-12-22)19(25)23(18(16)24)10-7-15-5-2-1-3-6-15/h1-3,5-6,21H,4,7-14H2/p+1. The summed E-state index contributed by atoms with van der Waals surface area (Å²) in [5.41, 5.74) is 1.32. The van der Waals surface area contributed by atoms with Gasteiger partial charge in [0.15, 0.2) is 0 Å². The lowest BCUT2D eigenvalue weighted by atomic mass is 10.1. The number of hydrogen-bond donors (Lipinski definition) is 2. The Morgan fingerprint density at radius 3 is 2.58 bits per heavy atom. The maximum Gasteiger partial charge on any atom is 0.278 e. The molecular weight excluding hydrogens is 354 g/mol. The Morgan fingerprint density at radius 1 is 1.12 bits per heavy atom. The second-order valence-corrected chi connectivity index (χ2v) is 6.96. The molecule has 2 amide bonds. The first-order chi connectivity index (χ1) is 12.7. The molecule has 3 rings (SSSR count). The van der Waals surface area contributed by atoms with Gasteiger partial charge in [0.25, 0.3) is 11.8 Å². The summed E-state index contributed by atoms with van der Waals surface area (Å²) < 4.78 is 5.34. The summed E-state index contributed by atoms with van der Waals surface area (Å²) in [5, 5.41) is 3.07. The van der Waals surface area contributed by atoms with Crippen molar-refractivity contribution in [3.63, 3.8) is 0 Å². The van der Waals surface area contributed by atoms with Crippen LogP contribution >= 0.6 is 11.6 Å². The highest BCUT2D eigenvalue weighted by Gasteiger charge is 2.37. The Kier molecular flexibility index (Phi) is 6.66. The van der Waals surface area contributed by atoms with Crippen LogP contribution < -0.4 is 10.2 Å². The number of benzene rings is 1. The predicted molar refractivity (Wildman–Crippen MR) is 98.7 cm³/mol. The summed E-state index contributed by atoms with van der Waals surface area (Å²) in [7, 11) is 0. The number of rotatable bonds is 8. The van der Waals surface area contributed by atoms with E-state index in [0.29, 0.717) is 19.5 Å². The van der Waals surface area contributed by atoms with Crippen LogP contribution in [0.3, 0.4) is 0 Å². The van der Waals surface area contributed by atoms with Gasteiger partial charge in [-0.1, -0.05) is 41.9 Å².